The standard InChI is InChI=1S/C20H14F4O3/c21-15-7-3-13(4-8-15)17(25)11-16(18-9-10-19(26)27-18)12-1-5-14(6-2-12)20(22,23)24/h1-10,16,18H,11H2/t16-,18+/m1/s1. The second-order valence-corrected chi connectivity index (χ2v) is 6.12. The van der Waals surface area contributed by atoms with Gasteiger partial charge in [-0.3, -0.25) is 4.79 Å². The van der Waals surface area contributed by atoms with Crippen LogP contribution >= 0.6 is 0 Å². The van der Waals surface area contributed by atoms with Crippen LogP contribution in [0.5, 0.6) is 0 Å². The molecule has 2 aromatic rings. The molecule has 0 amide bonds. The Labute approximate surface area is 152 Å². The normalized spacial score (nSPS) is 17.6. The Morgan fingerprint density at radius 3 is 2.19 bits per heavy atom. The lowest BCUT2D eigenvalue weighted by Crippen LogP contribution is -2.22. The molecule has 1 aliphatic rings. The van der Waals surface area contributed by atoms with Crippen LogP contribution in [-0.2, 0) is 15.7 Å². The molecule has 0 aromatic heterocycles. The molecule has 0 spiro atoms. The molecule has 140 valence electrons. The first-order valence-electron chi connectivity index (χ1n) is 8.09. The zero-order valence-corrected chi connectivity index (χ0v) is 13.9. The number of ketones is 1. The van der Waals surface area contributed by atoms with Gasteiger partial charge in [-0.05, 0) is 48.0 Å². The number of carbonyl (C=O) groups excluding carboxylic acids is 2. The van der Waals surface area contributed by atoms with Crippen molar-refractivity contribution >= 4 is 11.8 Å². The third-order valence-electron chi connectivity index (χ3n) is 4.31. The maximum atomic E-state index is 13.0. The maximum absolute atomic E-state index is 13.0. The molecule has 2 aromatic carbocycles. The molecule has 3 rings (SSSR count). The summed E-state index contributed by atoms with van der Waals surface area (Å²) in [7, 11) is 0. The average molecular weight is 378 g/mol. The Kier molecular flexibility index (Phi) is 5.12. The predicted molar refractivity (Wildman–Crippen MR) is 88.6 cm³/mol. The lowest BCUT2D eigenvalue weighted by Gasteiger charge is -2.22. The van der Waals surface area contributed by atoms with Crippen LogP contribution in [0.1, 0.15) is 33.8 Å². The zero-order valence-electron chi connectivity index (χ0n) is 13.9. The summed E-state index contributed by atoms with van der Waals surface area (Å²) in [6.45, 7) is 0. The van der Waals surface area contributed by atoms with Crippen LogP contribution in [0.3, 0.4) is 0 Å². The van der Waals surface area contributed by atoms with E-state index >= 15 is 0 Å². The number of rotatable bonds is 5. The topological polar surface area (TPSA) is 43.4 Å². The molecular formula is C20H14F4O3. The van der Waals surface area contributed by atoms with Crippen molar-refractivity contribution in [1.29, 1.82) is 0 Å². The average Bonchev–Trinajstić information content (AvgIpc) is 3.05. The van der Waals surface area contributed by atoms with E-state index in [2.05, 4.69) is 0 Å². The number of benzene rings is 2. The molecule has 0 fully saturated rings. The van der Waals surface area contributed by atoms with Gasteiger partial charge in [0.15, 0.2) is 5.78 Å². The van der Waals surface area contributed by atoms with E-state index in [9.17, 15) is 27.2 Å². The first-order chi connectivity index (χ1) is 12.7. The van der Waals surface area contributed by atoms with Gasteiger partial charge in [0.25, 0.3) is 0 Å². The molecule has 0 saturated heterocycles. The second-order valence-electron chi connectivity index (χ2n) is 6.12. The fourth-order valence-corrected chi connectivity index (χ4v) is 2.90. The van der Waals surface area contributed by atoms with Gasteiger partial charge in [-0.2, -0.15) is 13.2 Å². The molecule has 0 bridgehead atoms. The lowest BCUT2D eigenvalue weighted by atomic mass is 9.86. The van der Waals surface area contributed by atoms with Crippen molar-refractivity contribution in [3.8, 4) is 0 Å². The van der Waals surface area contributed by atoms with E-state index in [-0.39, 0.29) is 17.8 Å². The molecule has 0 radical (unpaired) electrons. The van der Waals surface area contributed by atoms with E-state index in [1.807, 2.05) is 0 Å². The van der Waals surface area contributed by atoms with E-state index < -0.39 is 35.5 Å². The second kappa shape index (κ2) is 7.34. The van der Waals surface area contributed by atoms with Crippen molar-refractivity contribution in [3.05, 3.63) is 83.2 Å². The van der Waals surface area contributed by atoms with Gasteiger partial charge in [0.2, 0.25) is 0 Å². The summed E-state index contributed by atoms with van der Waals surface area (Å²) in [5.41, 5.74) is -0.113. The minimum atomic E-state index is -4.47. The highest BCUT2D eigenvalue weighted by atomic mass is 19.4. The third-order valence-corrected chi connectivity index (χ3v) is 4.31. The summed E-state index contributed by atoms with van der Waals surface area (Å²) in [5, 5.41) is 0. The number of alkyl halides is 3. The Morgan fingerprint density at radius 1 is 1.04 bits per heavy atom. The first-order valence-corrected chi connectivity index (χ1v) is 8.09. The van der Waals surface area contributed by atoms with Gasteiger partial charge in [-0.25, -0.2) is 9.18 Å². The van der Waals surface area contributed by atoms with Crippen LogP contribution in [0.25, 0.3) is 0 Å². The largest absolute Gasteiger partial charge is 0.454 e. The predicted octanol–water partition coefficient (Wildman–Crippen LogP) is 4.68. The molecule has 7 heteroatoms. The molecular weight excluding hydrogens is 364 g/mol. The van der Waals surface area contributed by atoms with Crippen LogP contribution in [-0.4, -0.2) is 17.9 Å². The number of hydrogen-bond donors (Lipinski definition) is 0. The lowest BCUT2D eigenvalue weighted by molar-refractivity contribution is -0.139. The monoisotopic (exact) mass is 378 g/mol. The fraction of sp³-hybridized carbons (Fsp3) is 0.200. The Bertz CT molecular complexity index is 868. The van der Waals surface area contributed by atoms with Gasteiger partial charge in [0.1, 0.15) is 11.9 Å². The van der Waals surface area contributed by atoms with Crippen molar-refractivity contribution in [1.82, 2.24) is 0 Å². The fourth-order valence-electron chi connectivity index (χ4n) is 2.90. The van der Waals surface area contributed by atoms with Crippen molar-refractivity contribution < 1.29 is 31.9 Å². The summed E-state index contributed by atoms with van der Waals surface area (Å²) < 4.78 is 56.5. The van der Waals surface area contributed by atoms with Gasteiger partial charge >= 0.3 is 12.1 Å². The Balaban J connectivity index is 1.87. The van der Waals surface area contributed by atoms with E-state index in [0.29, 0.717) is 5.56 Å². The van der Waals surface area contributed by atoms with Crippen molar-refractivity contribution in [2.24, 2.45) is 0 Å². The van der Waals surface area contributed by atoms with Gasteiger partial charge in [0.05, 0.1) is 5.56 Å². The van der Waals surface area contributed by atoms with Crippen LogP contribution in [0, 0.1) is 5.82 Å². The number of esters is 1. The van der Waals surface area contributed by atoms with E-state index in [4.69, 9.17) is 4.74 Å². The van der Waals surface area contributed by atoms with Crippen LogP contribution in [0.4, 0.5) is 17.6 Å². The molecule has 0 N–H and O–H groups in total. The smallest absolute Gasteiger partial charge is 0.416 e. The van der Waals surface area contributed by atoms with Crippen molar-refractivity contribution in [2.45, 2.75) is 24.6 Å². The summed E-state index contributed by atoms with van der Waals surface area (Å²) in [6, 6.07) is 9.34. The van der Waals surface area contributed by atoms with E-state index in [1.54, 1.807) is 0 Å². The summed E-state index contributed by atoms with van der Waals surface area (Å²) in [6.07, 6.45) is -2.66. The summed E-state index contributed by atoms with van der Waals surface area (Å²) in [5.74, 6) is -2.06. The number of cyclic esters (lactones) is 1. The minimum Gasteiger partial charge on any atom is -0.454 e. The van der Waals surface area contributed by atoms with Crippen LogP contribution in [0.15, 0.2) is 60.7 Å². The molecule has 3 nitrogen and oxygen atoms in total. The van der Waals surface area contributed by atoms with Crippen molar-refractivity contribution in [2.75, 3.05) is 0 Å². The van der Waals surface area contributed by atoms with Gasteiger partial charge in [-0.1, -0.05) is 12.1 Å². The number of ether oxygens (including phenoxy) is 1. The molecule has 0 unspecified atom stereocenters. The molecule has 1 heterocycles. The molecule has 0 saturated carbocycles. The maximum Gasteiger partial charge on any atom is 0.416 e. The van der Waals surface area contributed by atoms with E-state index in [1.165, 1.54) is 36.4 Å². The van der Waals surface area contributed by atoms with Gasteiger partial charge in [0, 0.05) is 24.0 Å². The highest BCUT2D eigenvalue weighted by molar-refractivity contribution is 5.96. The Morgan fingerprint density at radius 2 is 1.67 bits per heavy atom. The minimum absolute atomic E-state index is 0.112. The van der Waals surface area contributed by atoms with Crippen molar-refractivity contribution in [3.63, 3.8) is 0 Å². The third kappa shape index (κ3) is 4.42. The van der Waals surface area contributed by atoms with Crippen LogP contribution in [0.2, 0.25) is 0 Å². The highest BCUT2D eigenvalue weighted by Gasteiger charge is 2.33. The zero-order chi connectivity index (χ0) is 19.6. The number of halogens is 4. The first kappa shape index (κ1) is 18.8. The Hall–Kier alpha value is -2.96. The number of hydrogen-bond acceptors (Lipinski definition) is 3. The van der Waals surface area contributed by atoms with Gasteiger partial charge < -0.3 is 4.74 Å². The molecule has 2 atom stereocenters. The highest BCUT2D eigenvalue weighted by Crippen LogP contribution is 2.34. The van der Waals surface area contributed by atoms with Crippen LogP contribution < -0.4 is 0 Å². The van der Waals surface area contributed by atoms with Gasteiger partial charge in [-0.15, -0.1) is 0 Å². The molecule has 0 aliphatic carbocycles. The molecule has 1 aliphatic heterocycles. The quantitative estimate of drug-likeness (QED) is 0.431. The number of carbonyl (C=O) groups is 2. The SMILES string of the molecule is O=C1C=C[C@@H]([C@H](CC(=O)c2ccc(F)cc2)c2ccc(C(F)(F)F)cc2)O1. The summed E-state index contributed by atoms with van der Waals surface area (Å²) >= 11 is 0. The van der Waals surface area contributed by atoms with E-state index in [0.717, 1.165) is 24.3 Å². The molecule has 27 heavy (non-hydrogen) atoms. The summed E-state index contributed by atoms with van der Waals surface area (Å²) in [4.78, 5) is 23.9. The number of Topliss-reactive ketones (excluding diaryl/α,β-unsaturated/α-hetero) is 1.